The van der Waals surface area contributed by atoms with Crippen LogP contribution in [-0.4, -0.2) is 49.6 Å². The highest BCUT2D eigenvalue weighted by molar-refractivity contribution is 5.94. The van der Waals surface area contributed by atoms with Crippen molar-refractivity contribution < 1.29 is 9.53 Å². The number of rotatable bonds is 6. The van der Waals surface area contributed by atoms with Crippen molar-refractivity contribution in [3.05, 3.63) is 59.2 Å². The van der Waals surface area contributed by atoms with Gasteiger partial charge in [-0.15, -0.1) is 6.42 Å². The van der Waals surface area contributed by atoms with E-state index in [1.165, 1.54) is 11.1 Å². The fraction of sp³-hybridized carbons (Fsp3) is 0.483. The Bertz CT molecular complexity index is 1040. The van der Waals surface area contributed by atoms with Crippen molar-refractivity contribution in [2.75, 3.05) is 31.6 Å². The maximum Gasteiger partial charge on any atom is 0.229 e. The van der Waals surface area contributed by atoms with Crippen molar-refractivity contribution in [2.45, 2.75) is 58.2 Å². The Kier molecular flexibility index (Phi) is 7.92. The average Bonchev–Trinajstić information content (AvgIpc) is 2.85. The highest BCUT2D eigenvalue weighted by Crippen LogP contribution is 2.31. The summed E-state index contributed by atoms with van der Waals surface area (Å²) in [6, 6.07) is 14.7. The molecule has 4 rings (SSSR count). The number of nitrogens with zero attached hydrogens (tertiary/aromatic N) is 2. The van der Waals surface area contributed by atoms with Gasteiger partial charge in [0.05, 0.1) is 6.10 Å². The van der Waals surface area contributed by atoms with Gasteiger partial charge in [0, 0.05) is 56.4 Å². The molecule has 2 aromatic rings. The van der Waals surface area contributed by atoms with Gasteiger partial charge in [-0.1, -0.05) is 18.1 Å². The topological polar surface area (TPSA) is 44.8 Å². The van der Waals surface area contributed by atoms with E-state index in [0.29, 0.717) is 6.04 Å². The summed E-state index contributed by atoms with van der Waals surface area (Å²) in [4.78, 5) is 17.6. The molecule has 5 heteroatoms. The molecule has 0 bridgehead atoms. The maximum absolute atomic E-state index is 13.2. The lowest BCUT2D eigenvalue weighted by Crippen LogP contribution is -2.48. The molecule has 0 radical (unpaired) electrons. The summed E-state index contributed by atoms with van der Waals surface area (Å²) in [6.45, 7) is 8.54. The van der Waals surface area contributed by atoms with Crippen molar-refractivity contribution in [2.24, 2.45) is 5.92 Å². The minimum absolute atomic E-state index is 0.0456. The fourth-order valence-corrected chi connectivity index (χ4v) is 5.14. The van der Waals surface area contributed by atoms with E-state index in [2.05, 4.69) is 48.2 Å². The van der Waals surface area contributed by atoms with Crippen molar-refractivity contribution in [3.8, 4) is 18.1 Å². The van der Waals surface area contributed by atoms with E-state index in [4.69, 9.17) is 11.2 Å². The van der Waals surface area contributed by atoms with Gasteiger partial charge in [-0.3, -0.25) is 9.69 Å². The summed E-state index contributed by atoms with van der Waals surface area (Å²) in [6.07, 6.45) is 9.09. The molecule has 2 fully saturated rings. The number of carbonyl (C=O) groups is 1. The molecule has 1 heterocycles. The van der Waals surface area contributed by atoms with Crippen molar-refractivity contribution in [3.63, 3.8) is 0 Å². The zero-order valence-corrected chi connectivity index (χ0v) is 20.7. The molecule has 5 nitrogen and oxygen atoms in total. The fourth-order valence-electron chi connectivity index (χ4n) is 5.14. The van der Waals surface area contributed by atoms with Gasteiger partial charge >= 0.3 is 0 Å². The summed E-state index contributed by atoms with van der Waals surface area (Å²) in [5.41, 5.74) is 4.39. The van der Waals surface area contributed by atoms with Crippen LogP contribution >= 0.6 is 0 Å². The third-order valence-corrected chi connectivity index (χ3v) is 7.22. The smallest absolute Gasteiger partial charge is 0.229 e. The Labute approximate surface area is 204 Å². The van der Waals surface area contributed by atoms with Gasteiger partial charge in [0.25, 0.3) is 0 Å². The number of hydrogen-bond acceptors (Lipinski definition) is 4. The summed E-state index contributed by atoms with van der Waals surface area (Å²) in [7, 11) is 1.91. The summed E-state index contributed by atoms with van der Waals surface area (Å²) in [5.74, 6) is 3.71. The molecule has 1 N–H and O–H groups in total. The lowest BCUT2D eigenvalue weighted by molar-refractivity contribution is -0.123. The van der Waals surface area contributed by atoms with Crippen molar-refractivity contribution in [1.82, 2.24) is 10.2 Å². The van der Waals surface area contributed by atoms with E-state index in [1.54, 1.807) is 0 Å². The highest BCUT2D eigenvalue weighted by atomic mass is 16.5. The average molecular weight is 460 g/mol. The van der Waals surface area contributed by atoms with E-state index in [-0.39, 0.29) is 17.9 Å². The predicted octanol–water partition coefficient (Wildman–Crippen LogP) is 4.37. The number of anilines is 1. The quantitative estimate of drug-likeness (QED) is 0.652. The molecule has 0 spiro atoms. The van der Waals surface area contributed by atoms with Crippen LogP contribution in [-0.2, 0) is 11.3 Å². The van der Waals surface area contributed by atoms with Crippen molar-refractivity contribution in [1.29, 1.82) is 0 Å². The molecule has 2 aliphatic rings. The summed E-state index contributed by atoms with van der Waals surface area (Å²) in [5, 5.41) is 3.50. The molecular weight excluding hydrogens is 422 g/mol. The van der Waals surface area contributed by atoms with Gasteiger partial charge in [-0.2, -0.15) is 0 Å². The number of amides is 1. The Morgan fingerprint density at radius 2 is 2.00 bits per heavy atom. The first-order valence-corrected chi connectivity index (χ1v) is 12.5. The van der Waals surface area contributed by atoms with Crippen LogP contribution in [0.15, 0.2) is 42.5 Å². The highest BCUT2D eigenvalue weighted by Gasteiger charge is 2.30. The van der Waals surface area contributed by atoms with Crippen LogP contribution in [0, 0.1) is 25.2 Å². The molecule has 0 unspecified atom stereocenters. The van der Waals surface area contributed by atoms with Gasteiger partial charge in [0.15, 0.2) is 0 Å². The van der Waals surface area contributed by atoms with Crippen LogP contribution in [0.1, 0.15) is 49.3 Å². The second-order valence-electron chi connectivity index (χ2n) is 9.86. The SMILES string of the molecule is C#Cc1cccc(O[C@H]2CC[C@H](C(=O)N(C)c3ccc(CN4CCN[C@@H](C)C4)c(C)c3)CC2)c1. The molecule has 1 amide bonds. The van der Waals surface area contributed by atoms with E-state index in [1.807, 2.05) is 36.2 Å². The monoisotopic (exact) mass is 459 g/mol. The van der Waals surface area contributed by atoms with Crippen LogP contribution in [0.4, 0.5) is 5.69 Å². The van der Waals surface area contributed by atoms with Crippen LogP contribution in [0.25, 0.3) is 0 Å². The number of benzene rings is 2. The second-order valence-corrected chi connectivity index (χ2v) is 9.86. The van der Waals surface area contributed by atoms with Crippen LogP contribution in [0.5, 0.6) is 5.75 Å². The third-order valence-electron chi connectivity index (χ3n) is 7.22. The first-order chi connectivity index (χ1) is 16.4. The lowest BCUT2D eigenvalue weighted by Gasteiger charge is -2.32. The zero-order chi connectivity index (χ0) is 24.1. The van der Waals surface area contributed by atoms with Gasteiger partial charge in [0.1, 0.15) is 5.75 Å². The van der Waals surface area contributed by atoms with Gasteiger partial charge in [0.2, 0.25) is 5.91 Å². The largest absolute Gasteiger partial charge is 0.490 e. The zero-order valence-electron chi connectivity index (χ0n) is 20.7. The number of aryl methyl sites for hydroxylation is 1. The number of nitrogens with one attached hydrogen (secondary N) is 1. The minimum atomic E-state index is 0.0456. The molecule has 1 saturated heterocycles. The number of terminal acetylenes is 1. The summed E-state index contributed by atoms with van der Waals surface area (Å²) >= 11 is 0. The summed E-state index contributed by atoms with van der Waals surface area (Å²) < 4.78 is 6.14. The molecule has 1 aliphatic heterocycles. The van der Waals surface area contributed by atoms with E-state index >= 15 is 0 Å². The molecule has 0 aromatic heterocycles. The molecule has 1 saturated carbocycles. The molecule has 34 heavy (non-hydrogen) atoms. The maximum atomic E-state index is 13.2. The molecular formula is C29H37N3O2. The first kappa shape index (κ1) is 24.3. The standard InChI is InChI=1S/C29H37N3O2/c1-5-23-7-6-8-28(18-23)34-27-13-10-24(11-14-27)29(33)31(4)26-12-9-25(21(2)17-26)20-32-16-15-30-22(3)19-32/h1,6-9,12,17-18,22,24,27,30H,10-11,13-16,19-20H2,2-4H3/t22-,24-,27-/m0/s1. The van der Waals surface area contributed by atoms with Crippen molar-refractivity contribution >= 4 is 11.6 Å². The van der Waals surface area contributed by atoms with E-state index in [0.717, 1.165) is 68.9 Å². The predicted molar refractivity (Wildman–Crippen MR) is 138 cm³/mol. The minimum Gasteiger partial charge on any atom is -0.490 e. The molecule has 1 aliphatic carbocycles. The van der Waals surface area contributed by atoms with E-state index < -0.39 is 0 Å². The Morgan fingerprint density at radius 3 is 2.71 bits per heavy atom. The first-order valence-electron chi connectivity index (χ1n) is 12.5. The Balaban J connectivity index is 1.31. The Hall–Kier alpha value is -2.81. The van der Waals surface area contributed by atoms with Crippen LogP contribution in [0.2, 0.25) is 0 Å². The number of ether oxygens (including phenoxy) is 1. The normalized spacial score (nSPS) is 23.2. The van der Waals surface area contributed by atoms with E-state index in [9.17, 15) is 4.79 Å². The lowest BCUT2D eigenvalue weighted by atomic mass is 9.86. The Morgan fingerprint density at radius 1 is 1.21 bits per heavy atom. The molecule has 2 aromatic carbocycles. The number of piperazine rings is 1. The number of hydrogen-bond donors (Lipinski definition) is 1. The molecule has 180 valence electrons. The molecule has 1 atom stereocenters. The van der Waals surface area contributed by atoms with Crippen LogP contribution < -0.4 is 15.0 Å². The third kappa shape index (κ3) is 6.00. The van der Waals surface area contributed by atoms with Gasteiger partial charge < -0.3 is 15.0 Å². The van der Waals surface area contributed by atoms with Gasteiger partial charge in [-0.25, -0.2) is 0 Å². The van der Waals surface area contributed by atoms with Crippen LogP contribution in [0.3, 0.4) is 0 Å². The van der Waals surface area contributed by atoms with Gasteiger partial charge in [-0.05, 0) is 81.0 Å². The number of carbonyl (C=O) groups excluding carboxylic acids is 1. The second kappa shape index (κ2) is 11.1.